The minimum absolute atomic E-state index is 0.124. The first-order valence-electron chi connectivity index (χ1n) is 8.23. The van der Waals surface area contributed by atoms with E-state index in [1.54, 1.807) is 0 Å². The van der Waals surface area contributed by atoms with Crippen LogP contribution in [0.4, 0.5) is 18.3 Å². The molecule has 0 spiro atoms. The Balaban J connectivity index is 1.86. The summed E-state index contributed by atoms with van der Waals surface area (Å²) in [4.78, 5) is 24.0. The zero-order chi connectivity index (χ0) is 19.2. The van der Waals surface area contributed by atoms with Gasteiger partial charge in [-0.25, -0.2) is 0 Å². The van der Waals surface area contributed by atoms with E-state index in [1.807, 2.05) is 6.92 Å². The lowest BCUT2D eigenvalue weighted by Crippen LogP contribution is -2.49. The van der Waals surface area contributed by atoms with Crippen LogP contribution in [-0.4, -0.2) is 40.6 Å². The molecule has 1 aliphatic heterocycles. The Bertz CT molecular complexity index is 656. The van der Waals surface area contributed by atoms with E-state index in [1.165, 1.54) is 6.08 Å². The highest BCUT2D eigenvalue weighted by atomic mass is 32.1. The van der Waals surface area contributed by atoms with Crippen molar-refractivity contribution in [1.29, 1.82) is 0 Å². The number of halogens is 3. The van der Waals surface area contributed by atoms with Crippen molar-refractivity contribution in [1.82, 2.24) is 20.8 Å². The number of alkyl halides is 3. The fourth-order valence-electron chi connectivity index (χ4n) is 2.38. The van der Waals surface area contributed by atoms with Gasteiger partial charge in [0.1, 0.15) is 0 Å². The fraction of sp³-hybridized carbons (Fsp3) is 0.600. The number of hydrogen-bond acceptors (Lipinski definition) is 6. The van der Waals surface area contributed by atoms with Gasteiger partial charge in [-0.05, 0) is 25.8 Å². The molecule has 7 nitrogen and oxygen atoms in total. The summed E-state index contributed by atoms with van der Waals surface area (Å²) in [5.41, 5.74) is 0. The first-order valence-corrected chi connectivity index (χ1v) is 9.05. The van der Waals surface area contributed by atoms with Gasteiger partial charge in [-0.2, -0.15) is 13.2 Å². The maximum absolute atomic E-state index is 12.4. The second-order valence-corrected chi connectivity index (χ2v) is 6.76. The molecule has 1 aromatic heterocycles. The lowest BCUT2D eigenvalue weighted by molar-refractivity contribution is -0.138. The van der Waals surface area contributed by atoms with Crippen molar-refractivity contribution in [3.8, 4) is 0 Å². The largest absolute Gasteiger partial charge is 0.445 e. The van der Waals surface area contributed by atoms with Crippen molar-refractivity contribution < 1.29 is 22.8 Å². The minimum atomic E-state index is -4.60. The number of nitrogens with zero attached hydrogens (tertiary/aromatic N) is 2. The minimum Gasteiger partial charge on any atom is -0.349 e. The molecule has 0 unspecified atom stereocenters. The zero-order valence-corrected chi connectivity index (χ0v) is 14.9. The van der Waals surface area contributed by atoms with Crippen LogP contribution in [0.25, 0.3) is 0 Å². The number of carbonyl (C=O) groups is 2. The predicted molar refractivity (Wildman–Crippen MR) is 90.5 cm³/mol. The predicted octanol–water partition coefficient (Wildman–Crippen LogP) is 2.09. The molecule has 2 amide bonds. The molecular weight excluding hydrogens is 371 g/mol. The molecule has 1 aromatic rings. The summed E-state index contributed by atoms with van der Waals surface area (Å²) in [5.74, 6) is -0.765. The molecule has 1 fully saturated rings. The van der Waals surface area contributed by atoms with Crippen LogP contribution in [0.15, 0.2) is 12.2 Å². The molecule has 1 saturated heterocycles. The Morgan fingerprint density at radius 3 is 2.73 bits per heavy atom. The van der Waals surface area contributed by atoms with Gasteiger partial charge in [0.2, 0.25) is 22.0 Å². The van der Waals surface area contributed by atoms with Gasteiger partial charge in [-0.1, -0.05) is 30.8 Å². The van der Waals surface area contributed by atoms with Gasteiger partial charge in [0, 0.05) is 12.1 Å². The van der Waals surface area contributed by atoms with Crippen LogP contribution in [0.2, 0.25) is 0 Å². The topological polar surface area (TPSA) is 96.0 Å². The van der Waals surface area contributed by atoms with E-state index in [4.69, 9.17) is 0 Å². The van der Waals surface area contributed by atoms with Gasteiger partial charge < -0.3 is 10.6 Å². The van der Waals surface area contributed by atoms with Crippen LogP contribution in [0.5, 0.6) is 0 Å². The number of anilines is 1. The Labute approximate surface area is 152 Å². The van der Waals surface area contributed by atoms with Crippen LogP contribution in [0, 0.1) is 0 Å². The van der Waals surface area contributed by atoms with E-state index in [0.717, 1.165) is 31.9 Å². The van der Waals surface area contributed by atoms with E-state index in [-0.39, 0.29) is 34.5 Å². The molecule has 11 heteroatoms. The quantitative estimate of drug-likeness (QED) is 0.646. The number of rotatable bonds is 6. The third kappa shape index (κ3) is 6.06. The van der Waals surface area contributed by atoms with Crippen LogP contribution in [0.3, 0.4) is 0 Å². The van der Waals surface area contributed by atoms with Crippen LogP contribution < -0.4 is 16.0 Å². The maximum Gasteiger partial charge on any atom is 0.445 e. The first kappa shape index (κ1) is 20.3. The highest BCUT2D eigenvalue weighted by Crippen LogP contribution is 2.32. The second kappa shape index (κ2) is 9.08. The number of carbonyl (C=O) groups excluding carboxylic acids is 2. The molecule has 2 heterocycles. The van der Waals surface area contributed by atoms with Crippen molar-refractivity contribution in [3.05, 3.63) is 17.2 Å². The van der Waals surface area contributed by atoms with E-state index < -0.39 is 17.1 Å². The van der Waals surface area contributed by atoms with Gasteiger partial charge >= 0.3 is 6.18 Å². The lowest BCUT2D eigenvalue weighted by Gasteiger charge is -2.24. The Morgan fingerprint density at radius 2 is 2.15 bits per heavy atom. The van der Waals surface area contributed by atoms with Gasteiger partial charge in [0.05, 0.1) is 6.04 Å². The molecule has 0 radical (unpaired) electrons. The average Bonchev–Trinajstić information content (AvgIpc) is 3.08. The summed E-state index contributed by atoms with van der Waals surface area (Å²) in [6.07, 6.45) is 1.44. The maximum atomic E-state index is 12.4. The molecule has 1 aliphatic rings. The third-order valence-corrected chi connectivity index (χ3v) is 4.66. The zero-order valence-electron chi connectivity index (χ0n) is 14.1. The summed E-state index contributed by atoms with van der Waals surface area (Å²) < 4.78 is 37.3. The van der Waals surface area contributed by atoms with Crippen molar-refractivity contribution in [2.75, 3.05) is 11.9 Å². The Hall–Kier alpha value is -2.01. The SMILES string of the molecule is CC[C@@H](/C=C/C(=O)Nc1nnc(C(F)(F)F)s1)NC(=O)[C@@H]1CCCCN1. The molecule has 0 saturated carbocycles. The number of nitrogens with one attached hydrogen (secondary N) is 3. The molecule has 0 bridgehead atoms. The molecule has 0 aromatic carbocycles. The number of amides is 2. The molecule has 2 atom stereocenters. The van der Waals surface area contributed by atoms with Gasteiger partial charge in [0.15, 0.2) is 0 Å². The van der Waals surface area contributed by atoms with Crippen molar-refractivity contribution in [2.45, 2.75) is 50.9 Å². The van der Waals surface area contributed by atoms with Gasteiger partial charge in [-0.3, -0.25) is 14.9 Å². The van der Waals surface area contributed by atoms with Crippen molar-refractivity contribution in [2.24, 2.45) is 0 Å². The van der Waals surface area contributed by atoms with E-state index >= 15 is 0 Å². The highest BCUT2D eigenvalue weighted by molar-refractivity contribution is 7.15. The van der Waals surface area contributed by atoms with Gasteiger partial charge in [0.25, 0.3) is 0 Å². The van der Waals surface area contributed by atoms with E-state index in [0.29, 0.717) is 6.42 Å². The molecule has 3 N–H and O–H groups in total. The summed E-state index contributed by atoms with van der Waals surface area (Å²) in [7, 11) is 0. The standard InChI is InChI=1S/C15H20F3N5O2S/c1-2-9(20-12(25)10-5-3-4-8-19-10)6-7-11(24)21-14-23-22-13(26-14)15(16,17)18/h6-7,9-10,19H,2-5,8H2,1H3,(H,20,25)(H,21,23,24)/b7-6+/t9-,10-/m0/s1. The summed E-state index contributed by atoms with van der Waals surface area (Å²) in [6, 6.07) is -0.584. The van der Waals surface area contributed by atoms with Crippen LogP contribution in [-0.2, 0) is 15.8 Å². The van der Waals surface area contributed by atoms with Crippen molar-refractivity contribution >= 4 is 28.3 Å². The molecule has 26 heavy (non-hydrogen) atoms. The van der Waals surface area contributed by atoms with Crippen molar-refractivity contribution in [3.63, 3.8) is 0 Å². The average molecular weight is 391 g/mol. The summed E-state index contributed by atoms with van der Waals surface area (Å²) in [5, 5.41) is 13.1. The normalized spacial score (nSPS) is 19.3. The molecule has 0 aliphatic carbocycles. The first-order chi connectivity index (χ1) is 12.3. The second-order valence-electron chi connectivity index (χ2n) is 5.78. The molecule has 2 rings (SSSR count). The molecular formula is C15H20F3N5O2S. The monoisotopic (exact) mass is 391 g/mol. The third-order valence-electron chi connectivity index (χ3n) is 3.77. The number of hydrogen-bond donors (Lipinski definition) is 3. The number of aromatic nitrogens is 2. The highest BCUT2D eigenvalue weighted by Gasteiger charge is 2.35. The summed E-state index contributed by atoms with van der Waals surface area (Å²) in [6.45, 7) is 2.65. The molecule has 144 valence electrons. The fourth-order valence-corrected chi connectivity index (χ4v) is 3.00. The Kier molecular flexibility index (Phi) is 7.09. The van der Waals surface area contributed by atoms with E-state index in [9.17, 15) is 22.8 Å². The van der Waals surface area contributed by atoms with Crippen LogP contribution >= 0.6 is 11.3 Å². The number of piperidine rings is 1. The van der Waals surface area contributed by atoms with E-state index in [2.05, 4.69) is 26.1 Å². The lowest BCUT2D eigenvalue weighted by atomic mass is 10.0. The smallest absolute Gasteiger partial charge is 0.349 e. The Morgan fingerprint density at radius 1 is 1.38 bits per heavy atom. The van der Waals surface area contributed by atoms with Crippen LogP contribution in [0.1, 0.15) is 37.6 Å². The summed E-state index contributed by atoms with van der Waals surface area (Å²) >= 11 is 0.247. The van der Waals surface area contributed by atoms with Gasteiger partial charge in [-0.15, -0.1) is 10.2 Å².